The number of anilines is 3. The normalized spacial score (nSPS) is 13.3. The first-order valence-electron chi connectivity index (χ1n) is 17.0. The van der Waals surface area contributed by atoms with Crippen molar-refractivity contribution in [3.8, 4) is 22.3 Å². The SMILES string of the molecule is CC1(C)c2ccccc2-c2c(-c3ccccc3N(c3cccc4c3ccc3ccccc34)c3cccc4c3sc3ccccc34)cccc21. The Morgan fingerprint density at radius 2 is 1.02 bits per heavy atom. The highest BCUT2D eigenvalue weighted by atomic mass is 32.1. The molecule has 0 spiro atoms. The minimum absolute atomic E-state index is 0.0735. The Morgan fingerprint density at radius 3 is 1.92 bits per heavy atom. The maximum absolute atomic E-state index is 2.54. The number of nitrogens with zero attached hydrogens (tertiary/aromatic N) is 1. The molecule has 1 aliphatic carbocycles. The van der Waals surface area contributed by atoms with Crippen molar-refractivity contribution in [3.05, 3.63) is 175 Å². The third-order valence-electron chi connectivity index (χ3n) is 10.7. The summed E-state index contributed by atoms with van der Waals surface area (Å²) in [6.45, 7) is 4.73. The molecule has 0 unspecified atom stereocenters. The van der Waals surface area contributed by atoms with E-state index in [0.29, 0.717) is 0 Å². The molecule has 1 heterocycles. The monoisotopic (exact) mass is 643 g/mol. The van der Waals surface area contributed by atoms with Crippen molar-refractivity contribution >= 4 is 70.1 Å². The van der Waals surface area contributed by atoms with Gasteiger partial charge in [0.15, 0.2) is 0 Å². The number of thiophene rings is 1. The smallest absolute Gasteiger partial charge is 0.0640 e. The standard InChI is InChI=1S/C47H33NS/c1-47(2)39-22-8-5-18-38(39)45-36(20-11-23-40(45)47)33-16-6-9-24-41(33)48(43-26-13-21-37-35-17-7-10-27-44(35)49-46(37)43)42-25-12-19-32-31-15-4-3-14-30(31)28-29-34(32)42/h3-29H,1-2H3. The largest absolute Gasteiger partial charge is 0.308 e. The molecular weight excluding hydrogens is 611 g/mol. The summed E-state index contributed by atoms with van der Waals surface area (Å²) in [5.74, 6) is 0. The summed E-state index contributed by atoms with van der Waals surface area (Å²) in [7, 11) is 0. The van der Waals surface area contributed by atoms with Crippen molar-refractivity contribution in [3.63, 3.8) is 0 Å². The Hall–Kier alpha value is -5.70. The molecule has 232 valence electrons. The van der Waals surface area contributed by atoms with Crippen LogP contribution in [0.3, 0.4) is 0 Å². The van der Waals surface area contributed by atoms with Gasteiger partial charge in [0.2, 0.25) is 0 Å². The Morgan fingerprint density at radius 1 is 0.408 bits per heavy atom. The summed E-state index contributed by atoms with van der Waals surface area (Å²) in [5, 5.41) is 7.63. The molecule has 1 nitrogen and oxygen atoms in total. The first-order chi connectivity index (χ1) is 24.1. The molecule has 8 aromatic carbocycles. The zero-order valence-electron chi connectivity index (χ0n) is 27.4. The van der Waals surface area contributed by atoms with E-state index < -0.39 is 0 Å². The van der Waals surface area contributed by atoms with Gasteiger partial charge in [-0.3, -0.25) is 0 Å². The summed E-state index contributed by atoms with van der Waals surface area (Å²) in [5.41, 5.74) is 11.4. The summed E-state index contributed by atoms with van der Waals surface area (Å²) < 4.78 is 2.60. The van der Waals surface area contributed by atoms with Gasteiger partial charge < -0.3 is 4.90 Å². The van der Waals surface area contributed by atoms with Crippen molar-refractivity contribution in [1.29, 1.82) is 0 Å². The quantitative estimate of drug-likeness (QED) is 0.173. The van der Waals surface area contributed by atoms with Crippen molar-refractivity contribution in [2.75, 3.05) is 4.90 Å². The average molecular weight is 644 g/mol. The highest BCUT2D eigenvalue weighted by Crippen LogP contribution is 2.55. The molecule has 0 atom stereocenters. The second kappa shape index (κ2) is 10.7. The molecule has 0 saturated heterocycles. The lowest BCUT2D eigenvalue weighted by atomic mass is 9.82. The van der Waals surface area contributed by atoms with Crippen molar-refractivity contribution in [1.82, 2.24) is 0 Å². The first-order valence-corrected chi connectivity index (χ1v) is 17.8. The van der Waals surface area contributed by atoms with Gasteiger partial charge in [0.05, 0.1) is 21.8 Å². The van der Waals surface area contributed by atoms with Gasteiger partial charge in [-0.1, -0.05) is 153 Å². The van der Waals surface area contributed by atoms with Crippen LogP contribution in [-0.2, 0) is 5.41 Å². The second-order valence-electron chi connectivity index (χ2n) is 13.7. The minimum Gasteiger partial charge on any atom is -0.308 e. The summed E-state index contributed by atoms with van der Waals surface area (Å²) in [6, 6.07) is 60.6. The Kier molecular flexibility index (Phi) is 6.16. The van der Waals surface area contributed by atoms with E-state index in [1.54, 1.807) is 0 Å². The molecule has 0 saturated carbocycles. The van der Waals surface area contributed by atoms with E-state index >= 15 is 0 Å². The van der Waals surface area contributed by atoms with Crippen LogP contribution in [0.15, 0.2) is 164 Å². The predicted molar refractivity (Wildman–Crippen MR) is 212 cm³/mol. The topological polar surface area (TPSA) is 3.24 Å². The highest BCUT2D eigenvalue weighted by molar-refractivity contribution is 7.26. The first kappa shape index (κ1) is 28.3. The average Bonchev–Trinajstić information content (AvgIpc) is 3.65. The Balaban J connectivity index is 1.31. The van der Waals surface area contributed by atoms with Crippen molar-refractivity contribution in [2.24, 2.45) is 0 Å². The Bertz CT molecular complexity index is 2770. The zero-order chi connectivity index (χ0) is 32.7. The van der Waals surface area contributed by atoms with Crippen LogP contribution in [0.5, 0.6) is 0 Å². The molecule has 49 heavy (non-hydrogen) atoms. The third-order valence-corrected chi connectivity index (χ3v) is 11.9. The lowest BCUT2D eigenvalue weighted by molar-refractivity contribution is 0.660. The molecule has 0 N–H and O–H groups in total. The third kappa shape index (κ3) is 4.11. The van der Waals surface area contributed by atoms with E-state index in [9.17, 15) is 0 Å². The van der Waals surface area contributed by atoms with Gasteiger partial charge in [-0.2, -0.15) is 0 Å². The number of hydrogen-bond donors (Lipinski definition) is 0. The minimum atomic E-state index is -0.0735. The molecule has 10 rings (SSSR count). The molecule has 0 amide bonds. The van der Waals surface area contributed by atoms with Crippen LogP contribution in [0, 0.1) is 0 Å². The van der Waals surface area contributed by atoms with Crippen LogP contribution < -0.4 is 4.90 Å². The summed E-state index contributed by atoms with van der Waals surface area (Å²) in [4.78, 5) is 2.54. The Labute approximate surface area is 290 Å². The van der Waals surface area contributed by atoms with E-state index in [-0.39, 0.29) is 5.41 Å². The van der Waals surface area contributed by atoms with E-state index in [2.05, 4.69) is 183 Å². The van der Waals surface area contributed by atoms with Gasteiger partial charge in [0.25, 0.3) is 0 Å². The number of fused-ring (bicyclic) bond motifs is 9. The maximum atomic E-state index is 2.54. The van der Waals surface area contributed by atoms with Gasteiger partial charge in [0.1, 0.15) is 0 Å². The van der Waals surface area contributed by atoms with E-state index in [0.717, 1.165) is 0 Å². The fourth-order valence-electron chi connectivity index (χ4n) is 8.39. The van der Waals surface area contributed by atoms with Crippen LogP contribution in [0.1, 0.15) is 25.0 Å². The molecule has 9 aromatic rings. The van der Waals surface area contributed by atoms with Gasteiger partial charge in [-0.05, 0) is 68.2 Å². The van der Waals surface area contributed by atoms with Gasteiger partial charge >= 0.3 is 0 Å². The van der Waals surface area contributed by atoms with Gasteiger partial charge in [-0.15, -0.1) is 11.3 Å². The molecular formula is C47H33NS. The molecule has 0 aliphatic heterocycles. The predicted octanol–water partition coefficient (Wildman–Crippen LogP) is 13.8. The second-order valence-corrected chi connectivity index (χ2v) is 14.7. The lowest BCUT2D eigenvalue weighted by Gasteiger charge is -2.30. The molecule has 0 radical (unpaired) electrons. The number of rotatable bonds is 4. The van der Waals surface area contributed by atoms with Crippen LogP contribution >= 0.6 is 11.3 Å². The maximum Gasteiger partial charge on any atom is 0.0640 e. The fourth-order valence-corrected chi connectivity index (χ4v) is 9.60. The van der Waals surface area contributed by atoms with Gasteiger partial charge in [0, 0.05) is 31.8 Å². The fraction of sp³-hybridized carbons (Fsp3) is 0.0638. The number of benzene rings is 8. The zero-order valence-corrected chi connectivity index (χ0v) is 28.3. The van der Waals surface area contributed by atoms with Crippen molar-refractivity contribution in [2.45, 2.75) is 19.3 Å². The highest BCUT2D eigenvalue weighted by Gasteiger charge is 2.37. The van der Waals surface area contributed by atoms with E-state index in [4.69, 9.17) is 0 Å². The molecule has 2 heteroatoms. The lowest BCUT2D eigenvalue weighted by Crippen LogP contribution is -2.15. The van der Waals surface area contributed by atoms with Crippen LogP contribution in [0.2, 0.25) is 0 Å². The molecule has 1 aliphatic rings. The van der Waals surface area contributed by atoms with E-state index in [1.807, 2.05) is 11.3 Å². The van der Waals surface area contributed by atoms with Crippen molar-refractivity contribution < 1.29 is 0 Å². The van der Waals surface area contributed by atoms with E-state index in [1.165, 1.54) is 92.2 Å². The summed E-state index contributed by atoms with van der Waals surface area (Å²) in [6.07, 6.45) is 0. The summed E-state index contributed by atoms with van der Waals surface area (Å²) >= 11 is 1.88. The molecule has 1 aromatic heterocycles. The van der Waals surface area contributed by atoms with Crippen LogP contribution in [0.25, 0.3) is 64.0 Å². The van der Waals surface area contributed by atoms with Gasteiger partial charge in [-0.25, -0.2) is 0 Å². The number of hydrogen-bond acceptors (Lipinski definition) is 2. The van der Waals surface area contributed by atoms with Crippen LogP contribution in [0.4, 0.5) is 17.1 Å². The van der Waals surface area contributed by atoms with Crippen LogP contribution in [-0.4, -0.2) is 0 Å². The molecule has 0 bridgehead atoms. The molecule has 0 fully saturated rings. The number of para-hydroxylation sites is 1.